The average Bonchev–Trinajstić information content (AvgIpc) is 3.23. The standard InChI is InChI=1S/C27H25N5O/c1-18-3-7-21(8-4-18)25-26(22-9-5-20(15-28)6-10-22)32-17-23(11-12-24(32)30-25)27(33)31-14-13-29-16-19(31)2/h3-12,17,19,29H,13-14,16H2,1-2H3/t19-/m0/s1. The molecule has 1 aliphatic rings. The monoisotopic (exact) mass is 435 g/mol. The maximum Gasteiger partial charge on any atom is 0.255 e. The Hall–Kier alpha value is -3.95. The third-order valence-corrected chi connectivity index (χ3v) is 6.24. The summed E-state index contributed by atoms with van der Waals surface area (Å²) >= 11 is 0. The molecule has 4 aromatic rings. The Kier molecular flexibility index (Phi) is 5.41. The van der Waals surface area contributed by atoms with E-state index in [2.05, 4.69) is 49.5 Å². The van der Waals surface area contributed by atoms with Crippen molar-refractivity contribution in [2.75, 3.05) is 19.6 Å². The predicted octanol–water partition coefficient (Wildman–Crippen LogP) is 4.28. The molecule has 164 valence electrons. The van der Waals surface area contributed by atoms with Gasteiger partial charge in [-0.1, -0.05) is 42.0 Å². The summed E-state index contributed by atoms with van der Waals surface area (Å²) in [6, 6.07) is 21.9. The van der Waals surface area contributed by atoms with Crippen LogP contribution in [0.5, 0.6) is 0 Å². The molecule has 1 aliphatic heterocycles. The molecule has 5 rings (SSSR count). The van der Waals surface area contributed by atoms with E-state index in [0.29, 0.717) is 17.7 Å². The van der Waals surface area contributed by atoms with Gasteiger partial charge in [0.2, 0.25) is 0 Å². The van der Waals surface area contributed by atoms with Crippen LogP contribution in [0.2, 0.25) is 0 Å². The summed E-state index contributed by atoms with van der Waals surface area (Å²) in [5.41, 5.74) is 6.90. The van der Waals surface area contributed by atoms with Gasteiger partial charge in [0.25, 0.3) is 5.91 Å². The molecule has 1 amide bonds. The summed E-state index contributed by atoms with van der Waals surface area (Å²) in [5.74, 6) is 0.0299. The van der Waals surface area contributed by atoms with Crippen LogP contribution in [0.25, 0.3) is 28.2 Å². The Morgan fingerprint density at radius 1 is 1.06 bits per heavy atom. The Labute approximate surface area is 193 Å². The lowest BCUT2D eigenvalue weighted by atomic mass is 10.0. The molecule has 6 nitrogen and oxygen atoms in total. The number of imidazole rings is 1. The Bertz CT molecular complexity index is 1360. The zero-order valence-corrected chi connectivity index (χ0v) is 18.7. The van der Waals surface area contributed by atoms with Gasteiger partial charge in [-0.25, -0.2) is 4.98 Å². The van der Waals surface area contributed by atoms with Crippen molar-refractivity contribution in [3.63, 3.8) is 0 Å². The van der Waals surface area contributed by atoms with E-state index in [0.717, 1.165) is 41.3 Å². The summed E-state index contributed by atoms with van der Waals surface area (Å²) < 4.78 is 2.00. The van der Waals surface area contributed by atoms with Gasteiger partial charge in [-0.3, -0.25) is 9.20 Å². The number of nitrogens with zero attached hydrogens (tertiary/aromatic N) is 4. The maximum atomic E-state index is 13.3. The molecule has 0 spiro atoms. The summed E-state index contributed by atoms with van der Waals surface area (Å²) in [4.78, 5) is 20.2. The number of carbonyl (C=O) groups is 1. The fraction of sp³-hybridized carbons (Fsp3) is 0.222. The number of nitriles is 1. The third-order valence-electron chi connectivity index (χ3n) is 6.24. The molecule has 0 bridgehead atoms. The number of hydrogen-bond acceptors (Lipinski definition) is 4. The van der Waals surface area contributed by atoms with Crippen molar-refractivity contribution in [2.24, 2.45) is 0 Å². The summed E-state index contributed by atoms with van der Waals surface area (Å²) in [6.07, 6.45) is 1.89. The lowest BCUT2D eigenvalue weighted by Crippen LogP contribution is -2.52. The highest BCUT2D eigenvalue weighted by Gasteiger charge is 2.25. The van der Waals surface area contributed by atoms with Gasteiger partial charge in [-0.05, 0) is 38.1 Å². The average molecular weight is 436 g/mol. The molecule has 0 aliphatic carbocycles. The molecule has 0 radical (unpaired) electrons. The smallest absolute Gasteiger partial charge is 0.255 e. The summed E-state index contributed by atoms with van der Waals surface area (Å²) in [6.45, 7) is 6.42. The van der Waals surface area contributed by atoms with E-state index in [1.807, 2.05) is 51.9 Å². The first kappa shape index (κ1) is 20.9. The van der Waals surface area contributed by atoms with Crippen LogP contribution < -0.4 is 5.32 Å². The van der Waals surface area contributed by atoms with Crippen LogP contribution in [0.3, 0.4) is 0 Å². The molecule has 1 atom stereocenters. The van der Waals surface area contributed by atoms with Crippen molar-refractivity contribution in [1.29, 1.82) is 5.26 Å². The number of benzene rings is 2. The number of fused-ring (bicyclic) bond motifs is 1. The lowest BCUT2D eigenvalue weighted by Gasteiger charge is -2.34. The number of nitrogens with one attached hydrogen (secondary N) is 1. The van der Waals surface area contributed by atoms with E-state index in [1.165, 1.54) is 5.56 Å². The number of aryl methyl sites for hydroxylation is 1. The number of aromatic nitrogens is 2. The van der Waals surface area contributed by atoms with E-state index >= 15 is 0 Å². The highest BCUT2D eigenvalue weighted by molar-refractivity contribution is 5.95. The van der Waals surface area contributed by atoms with E-state index in [4.69, 9.17) is 4.98 Å². The van der Waals surface area contributed by atoms with E-state index < -0.39 is 0 Å². The van der Waals surface area contributed by atoms with Crippen LogP contribution in [0, 0.1) is 18.3 Å². The zero-order chi connectivity index (χ0) is 22.9. The van der Waals surface area contributed by atoms with E-state index in [9.17, 15) is 10.1 Å². The first-order chi connectivity index (χ1) is 16.0. The third kappa shape index (κ3) is 3.88. The van der Waals surface area contributed by atoms with Crippen molar-refractivity contribution < 1.29 is 4.79 Å². The molecule has 2 aromatic carbocycles. The Balaban J connectivity index is 1.67. The van der Waals surface area contributed by atoms with Crippen LogP contribution in [0.15, 0.2) is 66.9 Å². The first-order valence-corrected chi connectivity index (χ1v) is 11.2. The second-order valence-corrected chi connectivity index (χ2v) is 8.56. The van der Waals surface area contributed by atoms with E-state index in [1.54, 1.807) is 0 Å². The fourth-order valence-electron chi connectivity index (χ4n) is 4.37. The van der Waals surface area contributed by atoms with Gasteiger partial charge in [-0.2, -0.15) is 5.26 Å². The van der Waals surface area contributed by atoms with Crippen molar-refractivity contribution in [3.05, 3.63) is 83.6 Å². The van der Waals surface area contributed by atoms with Crippen LogP contribution >= 0.6 is 0 Å². The second kappa shape index (κ2) is 8.53. The molecule has 33 heavy (non-hydrogen) atoms. The van der Waals surface area contributed by atoms with Gasteiger partial charge < -0.3 is 10.2 Å². The molecule has 0 unspecified atom stereocenters. The minimum atomic E-state index is 0.0299. The number of amides is 1. The van der Waals surface area contributed by atoms with Crippen LogP contribution in [0.1, 0.15) is 28.4 Å². The number of carbonyl (C=O) groups excluding carboxylic acids is 1. The largest absolute Gasteiger partial charge is 0.333 e. The predicted molar refractivity (Wildman–Crippen MR) is 129 cm³/mol. The first-order valence-electron chi connectivity index (χ1n) is 11.2. The van der Waals surface area contributed by atoms with Gasteiger partial charge in [-0.15, -0.1) is 0 Å². The minimum Gasteiger partial charge on any atom is -0.333 e. The number of pyridine rings is 1. The van der Waals surface area contributed by atoms with Gasteiger partial charge in [0, 0.05) is 43.0 Å². The molecule has 1 N–H and O–H groups in total. The lowest BCUT2D eigenvalue weighted by molar-refractivity contribution is 0.0655. The van der Waals surface area contributed by atoms with Crippen LogP contribution in [-0.2, 0) is 0 Å². The van der Waals surface area contributed by atoms with Crippen molar-refractivity contribution in [2.45, 2.75) is 19.9 Å². The topological polar surface area (TPSA) is 73.4 Å². The van der Waals surface area contributed by atoms with Gasteiger partial charge in [0.1, 0.15) is 5.65 Å². The number of rotatable bonds is 3. The molecule has 1 saturated heterocycles. The summed E-state index contributed by atoms with van der Waals surface area (Å²) in [7, 11) is 0. The van der Waals surface area contributed by atoms with Gasteiger partial charge in [0.05, 0.1) is 28.6 Å². The summed E-state index contributed by atoms with van der Waals surface area (Å²) in [5, 5.41) is 12.6. The van der Waals surface area contributed by atoms with Crippen LogP contribution in [-0.4, -0.2) is 45.9 Å². The second-order valence-electron chi connectivity index (χ2n) is 8.56. The molecule has 1 fully saturated rings. The molecular weight excluding hydrogens is 410 g/mol. The highest BCUT2D eigenvalue weighted by atomic mass is 16.2. The fourth-order valence-corrected chi connectivity index (χ4v) is 4.37. The van der Waals surface area contributed by atoms with Crippen molar-refractivity contribution >= 4 is 11.6 Å². The molecule has 0 saturated carbocycles. The van der Waals surface area contributed by atoms with Gasteiger partial charge in [0.15, 0.2) is 0 Å². The normalized spacial score (nSPS) is 16.0. The maximum absolute atomic E-state index is 13.3. The molecule has 2 aromatic heterocycles. The Morgan fingerprint density at radius 3 is 2.48 bits per heavy atom. The minimum absolute atomic E-state index is 0.0299. The highest BCUT2D eigenvalue weighted by Crippen LogP contribution is 2.33. The van der Waals surface area contributed by atoms with Crippen molar-refractivity contribution in [3.8, 4) is 28.6 Å². The van der Waals surface area contributed by atoms with E-state index in [-0.39, 0.29) is 11.9 Å². The molecule has 3 heterocycles. The van der Waals surface area contributed by atoms with Crippen molar-refractivity contribution in [1.82, 2.24) is 19.6 Å². The zero-order valence-electron chi connectivity index (χ0n) is 18.7. The molecule has 6 heteroatoms. The quantitative estimate of drug-likeness (QED) is 0.521. The van der Waals surface area contributed by atoms with Crippen LogP contribution in [0.4, 0.5) is 0 Å². The van der Waals surface area contributed by atoms with Gasteiger partial charge >= 0.3 is 0 Å². The Morgan fingerprint density at radius 2 is 1.79 bits per heavy atom. The molecular formula is C27H25N5O. The SMILES string of the molecule is Cc1ccc(-c2nc3ccc(C(=O)N4CCNC[C@@H]4C)cn3c2-c2ccc(C#N)cc2)cc1. The number of piperazine rings is 1. The number of hydrogen-bond donors (Lipinski definition) is 1.